The molecule has 12 rings (SSSR count). The summed E-state index contributed by atoms with van der Waals surface area (Å²) in [6, 6.07) is 74.8. The van der Waals surface area contributed by atoms with Gasteiger partial charge in [0.15, 0.2) is 0 Å². The Labute approximate surface area is 349 Å². The summed E-state index contributed by atoms with van der Waals surface area (Å²) < 4.78 is 8.78. The first kappa shape index (κ1) is 34.4. The van der Waals surface area contributed by atoms with E-state index >= 15 is 0 Å². The first-order valence-corrected chi connectivity index (χ1v) is 20.8. The molecule has 3 nitrogen and oxygen atoms in total. The highest BCUT2D eigenvalue weighted by molar-refractivity contribution is 6.17. The highest BCUT2D eigenvalue weighted by Crippen LogP contribution is 2.54. The van der Waals surface area contributed by atoms with Crippen molar-refractivity contribution in [1.29, 1.82) is 0 Å². The van der Waals surface area contributed by atoms with Gasteiger partial charge in [0, 0.05) is 55.8 Å². The van der Waals surface area contributed by atoms with Gasteiger partial charge in [-0.2, -0.15) is 0 Å². The number of anilines is 3. The predicted octanol–water partition coefficient (Wildman–Crippen LogP) is 15.8. The molecule has 0 radical (unpaired) electrons. The Bertz CT molecular complexity index is 3430. The summed E-state index contributed by atoms with van der Waals surface area (Å²) in [6.07, 6.45) is 0. The van der Waals surface area contributed by atoms with Crippen LogP contribution in [-0.4, -0.2) is 4.57 Å². The van der Waals surface area contributed by atoms with Gasteiger partial charge >= 0.3 is 0 Å². The third-order valence-electron chi connectivity index (χ3n) is 12.8. The minimum atomic E-state index is -0.207. The molecule has 9 aromatic carbocycles. The lowest BCUT2D eigenvalue weighted by Gasteiger charge is -2.29. The van der Waals surface area contributed by atoms with Crippen LogP contribution in [0.2, 0.25) is 0 Å². The van der Waals surface area contributed by atoms with Crippen LogP contribution in [0.3, 0.4) is 0 Å². The standard InChI is InChI=1S/C57H40N2O/c1-57(2)51-34-43(32-33-45(51)48-21-13-20-44(56(48)57)39-16-7-4-8-17-39)58(40-26-24-38(25-27-40)37-14-5-3-6-15-37)41-28-30-42(31-29-41)59-52-22-11-9-18-46(52)49-35-50-47-19-10-12-23-54(47)60-55(50)36-53(49)59/h3-36H,1-2H3. The summed E-state index contributed by atoms with van der Waals surface area (Å²) >= 11 is 0. The molecule has 3 heteroatoms. The van der Waals surface area contributed by atoms with Gasteiger partial charge in [-0.05, 0) is 111 Å². The summed E-state index contributed by atoms with van der Waals surface area (Å²) in [5.41, 5.74) is 18.6. The molecule has 284 valence electrons. The quantitative estimate of drug-likeness (QED) is 0.168. The Kier molecular flexibility index (Phi) is 7.58. The Morgan fingerprint density at radius 2 is 1.02 bits per heavy atom. The van der Waals surface area contributed by atoms with Crippen LogP contribution >= 0.6 is 0 Å². The molecule has 60 heavy (non-hydrogen) atoms. The van der Waals surface area contributed by atoms with Crippen LogP contribution in [0.4, 0.5) is 17.1 Å². The van der Waals surface area contributed by atoms with Crippen molar-refractivity contribution in [3.8, 4) is 39.1 Å². The molecule has 0 N–H and O–H groups in total. The number of fused-ring (bicyclic) bond motifs is 9. The third kappa shape index (κ3) is 5.22. The second kappa shape index (κ2) is 13.2. The average molecular weight is 769 g/mol. The molecule has 1 aliphatic rings. The fraction of sp³-hybridized carbons (Fsp3) is 0.0526. The molecule has 0 bridgehead atoms. The van der Waals surface area contributed by atoms with E-state index in [1.165, 1.54) is 60.8 Å². The van der Waals surface area contributed by atoms with E-state index in [-0.39, 0.29) is 5.41 Å². The maximum atomic E-state index is 6.41. The lowest BCUT2D eigenvalue weighted by atomic mass is 9.78. The molecule has 0 amide bonds. The van der Waals surface area contributed by atoms with Gasteiger partial charge in [-0.15, -0.1) is 0 Å². The van der Waals surface area contributed by atoms with E-state index in [4.69, 9.17) is 4.42 Å². The molecule has 0 atom stereocenters. The van der Waals surface area contributed by atoms with E-state index in [9.17, 15) is 0 Å². The average Bonchev–Trinajstić information content (AvgIpc) is 3.91. The molecule has 0 saturated carbocycles. The molecule has 0 unspecified atom stereocenters. The van der Waals surface area contributed by atoms with Crippen LogP contribution in [0.1, 0.15) is 25.0 Å². The number of para-hydroxylation sites is 2. The van der Waals surface area contributed by atoms with Crippen LogP contribution in [0, 0.1) is 0 Å². The number of hydrogen-bond donors (Lipinski definition) is 0. The zero-order chi connectivity index (χ0) is 40.0. The Morgan fingerprint density at radius 1 is 0.400 bits per heavy atom. The lowest BCUT2D eigenvalue weighted by Crippen LogP contribution is -2.17. The first-order valence-electron chi connectivity index (χ1n) is 20.8. The topological polar surface area (TPSA) is 21.3 Å². The van der Waals surface area contributed by atoms with Crippen molar-refractivity contribution in [2.75, 3.05) is 4.90 Å². The van der Waals surface area contributed by atoms with Gasteiger partial charge in [-0.3, -0.25) is 0 Å². The monoisotopic (exact) mass is 768 g/mol. The van der Waals surface area contributed by atoms with Crippen molar-refractivity contribution in [3.05, 3.63) is 217 Å². The first-order chi connectivity index (χ1) is 29.5. The second-order valence-electron chi connectivity index (χ2n) is 16.5. The summed E-state index contributed by atoms with van der Waals surface area (Å²) in [6.45, 7) is 4.76. The van der Waals surface area contributed by atoms with Gasteiger partial charge in [0.2, 0.25) is 0 Å². The second-order valence-corrected chi connectivity index (χ2v) is 16.5. The molecule has 0 saturated heterocycles. The SMILES string of the molecule is CC1(C)c2cc(N(c3ccc(-c4ccccc4)cc3)c3ccc(-n4c5ccccc5c5cc6c(cc54)oc4ccccc46)cc3)ccc2-c2cccc(-c3ccccc3)c21. The van der Waals surface area contributed by atoms with Crippen molar-refractivity contribution in [3.63, 3.8) is 0 Å². The number of furan rings is 1. The van der Waals surface area contributed by atoms with Crippen molar-refractivity contribution < 1.29 is 4.42 Å². The van der Waals surface area contributed by atoms with Gasteiger partial charge in [-0.1, -0.05) is 147 Å². The maximum Gasteiger partial charge on any atom is 0.137 e. The molecule has 2 heterocycles. The zero-order valence-electron chi connectivity index (χ0n) is 33.4. The number of aromatic nitrogens is 1. The smallest absolute Gasteiger partial charge is 0.137 e. The predicted molar refractivity (Wildman–Crippen MR) is 251 cm³/mol. The van der Waals surface area contributed by atoms with Crippen molar-refractivity contribution in [1.82, 2.24) is 4.57 Å². The maximum absolute atomic E-state index is 6.41. The number of hydrogen-bond acceptors (Lipinski definition) is 2. The fourth-order valence-electron chi connectivity index (χ4n) is 9.96. The van der Waals surface area contributed by atoms with E-state index in [0.717, 1.165) is 50.2 Å². The Morgan fingerprint density at radius 3 is 1.78 bits per heavy atom. The minimum absolute atomic E-state index is 0.207. The van der Waals surface area contributed by atoms with Crippen LogP contribution in [0.5, 0.6) is 0 Å². The number of nitrogens with zero attached hydrogens (tertiary/aromatic N) is 2. The van der Waals surface area contributed by atoms with Gasteiger partial charge in [0.1, 0.15) is 11.2 Å². The summed E-state index contributed by atoms with van der Waals surface area (Å²) in [5.74, 6) is 0. The highest BCUT2D eigenvalue weighted by Gasteiger charge is 2.38. The van der Waals surface area contributed by atoms with E-state index < -0.39 is 0 Å². The third-order valence-corrected chi connectivity index (χ3v) is 12.8. The number of rotatable bonds is 6. The molecule has 0 aliphatic heterocycles. The molecule has 2 aromatic heterocycles. The summed E-state index contributed by atoms with van der Waals surface area (Å²) in [4.78, 5) is 2.40. The van der Waals surface area contributed by atoms with E-state index in [2.05, 4.69) is 224 Å². The zero-order valence-corrected chi connectivity index (χ0v) is 33.4. The minimum Gasteiger partial charge on any atom is -0.456 e. The molecule has 0 spiro atoms. The highest BCUT2D eigenvalue weighted by atomic mass is 16.3. The molecule has 1 aliphatic carbocycles. The van der Waals surface area contributed by atoms with Gasteiger partial charge in [-0.25, -0.2) is 0 Å². The summed E-state index contributed by atoms with van der Waals surface area (Å²) in [7, 11) is 0. The largest absolute Gasteiger partial charge is 0.456 e. The van der Waals surface area contributed by atoms with Crippen molar-refractivity contribution in [2.24, 2.45) is 0 Å². The van der Waals surface area contributed by atoms with Crippen LogP contribution < -0.4 is 4.90 Å². The van der Waals surface area contributed by atoms with Gasteiger partial charge < -0.3 is 13.9 Å². The summed E-state index contributed by atoms with van der Waals surface area (Å²) in [5, 5.41) is 4.72. The molecule has 0 fully saturated rings. The van der Waals surface area contributed by atoms with Gasteiger partial charge in [0.05, 0.1) is 11.0 Å². The van der Waals surface area contributed by atoms with Crippen LogP contribution in [0.15, 0.2) is 211 Å². The lowest BCUT2D eigenvalue weighted by molar-refractivity contribution is 0.662. The molecular formula is C57H40N2O. The van der Waals surface area contributed by atoms with Gasteiger partial charge in [0.25, 0.3) is 0 Å². The van der Waals surface area contributed by atoms with Crippen LogP contribution in [-0.2, 0) is 5.41 Å². The number of benzene rings is 9. The normalized spacial score (nSPS) is 13.0. The van der Waals surface area contributed by atoms with E-state index in [1.807, 2.05) is 6.07 Å². The van der Waals surface area contributed by atoms with Crippen molar-refractivity contribution >= 4 is 60.8 Å². The van der Waals surface area contributed by atoms with Crippen LogP contribution in [0.25, 0.3) is 82.8 Å². The molecule has 11 aromatic rings. The van der Waals surface area contributed by atoms with E-state index in [1.54, 1.807) is 0 Å². The fourth-order valence-corrected chi connectivity index (χ4v) is 9.96. The van der Waals surface area contributed by atoms with E-state index in [0.29, 0.717) is 0 Å². The Balaban J connectivity index is 1.00. The Hall–Kier alpha value is -7.62. The van der Waals surface area contributed by atoms with Crippen molar-refractivity contribution in [2.45, 2.75) is 19.3 Å². The molecular weight excluding hydrogens is 729 g/mol.